The Bertz CT molecular complexity index is 3030. The summed E-state index contributed by atoms with van der Waals surface area (Å²) in [7, 11) is 0. The molecule has 0 fully saturated rings. The molecule has 0 N–H and O–H groups in total. The molecule has 7 aromatic carbocycles. The lowest BCUT2D eigenvalue weighted by Gasteiger charge is -2.19. The first-order chi connectivity index (χ1) is 24.2. The van der Waals surface area contributed by atoms with Gasteiger partial charge >= 0.3 is 0 Å². The fraction of sp³-hybridized carbons (Fsp3) is 0. The molecule has 0 aliphatic carbocycles. The van der Waals surface area contributed by atoms with Crippen LogP contribution in [0.5, 0.6) is 0 Å². The zero-order valence-electron chi connectivity index (χ0n) is 26.1. The van der Waals surface area contributed by atoms with E-state index in [0.717, 1.165) is 88.1 Å². The Kier molecular flexibility index (Phi) is 5.64. The van der Waals surface area contributed by atoms with Crippen LogP contribution in [0.15, 0.2) is 150 Å². The van der Waals surface area contributed by atoms with Crippen molar-refractivity contribution in [2.75, 3.05) is 0 Å². The number of nitriles is 2. The minimum absolute atomic E-state index is 0.537. The fourth-order valence-corrected chi connectivity index (χ4v) is 7.72. The van der Waals surface area contributed by atoms with Crippen LogP contribution < -0.4 is 0 Å². The average Bonchev–Trinajstić information content (AvgIpc) is 3.80. The van der Waals surface area contributed by atoms with Crippen molar-refractivity contribution in [1.82, 2.24) is 9.13 Å². The molecule has 226 valence electrons. The zero-order chi connectivity index (χ0) is 32.6. The molecule has 0 unspecified atom stereocenters. The van der Waals surface area contributed by atoms with Gasteiger partial charge in [-0.3, -0.25) is 0 Å². The molecule has 3 heterocycles. The van der Waals surface area contributed by atoms with Crippen molar-refractivity contribution in [3.8, 4) is 34.6 Å². The van der Waals surface area contributed by atoms with Crippen LogP contribution in [0.4, 0.5) is 0 Å². The van der Waals surface area contributed by atoms with Gasteiger partial charge in [0.15, 0.2) is 0 Å². The Morgan fingerprint density at radius 3 is 1.76 bits per heavy atom. The van der Waals surface area contributed by atoms with Crippen molar-refractivity contribution in [2.24, 2.45) is 0 Å². The maximum atomic E-state index is 10.6. The van der Waals surface area contributed by atoms with E-state index in [0.29, 0.717) is 11.1 Å². The molecule has 0 aliphatic heterocycles. The molecule has 0 amide bonds. The number of benzene rings is 7. The Labute approximate surface area is 280 Å². The van der Waals surface area contributed by atoms with Gasteiger partial charge in [-0.25, -0.2) is 0 Å². The molecule has 0 saturated heterocycles. The minimum Gasteiger partial charge on any atom is -0.456 e. The molecular formula is C44H24N4O. The van der Waals surface area contributed by atoms with E-state index >= 15 is 0 Å². The van der Waals surface area contributed by atoms with Crippen LogP contribution in [0.2, 0.25) is 0 Å². The zero-order valence-corrected chi connectivity index (χ0v) is 26.1. The summed E-state index contributed by atoms with van der Waals surface area (Å²) in [5, 5.41) is 27.4. The van der Waals surface area contributed by atoms with E-state index < -0.39 is 0 Å². The summed E-state index contributed by atoms with van der Waals surface area (Å²) in [5.41, 5.74) is 10.2. The molecular weight excluding hydrogens is 601 g/mol. The largest absolute Gasteiger partial charge is 0.456 e. The van der Waals surface area contributed by atoms with Crippen molar-refractivity contribution in [2.45, 2.75) is 0 Å². The van der Waals surface area contributed by atoms with Gasteiger partial charge in [-0.05, 0) is 54.6 Å². The Balaban J connectivity index is 1.35. The highest BCUT2D eigenvalue weighted by Gasteiger charge is 2.23. The number of hydrogen-bond acceptors (Lipinski definition) is 3. The summed E-state index contributed by atoms with van der Waals surface area (Å²) in [4.78, 5) is 0. The quantitative estimate of drug-likeness (QED) is 0.196. The van der Waals surface area contributed by atoms with Gasteiger partial charge in [0.25, 0.3) is 0 Å². The molecule has 0 radical (unpaired) electrons. The lowest BCUT2D eigenvalue weighted by atomic mass is 9.96. The highest BCUT2D eigenvalue weighted by Crippen LogP contribution is 2.43. The first-order valence-electron chi connectivity index (χ1n) is 16.1. The summed E-state index contributed by atoms with van der Waals surface area (Å²) in [6.07, 6.45) is 0. The molecule has 3 aromatic heterocycles. The second-order valence-corrected chi connectivity index (χ2v) is 12.3. The summed E-state index contributed by atoms with van der Waals surface area (Å²) in [6.45, 7) is 0. The maximum absolute atomic E-state index is 10.6. The summed E-state index contributed by atoms with van der Waals surface area (Å²) in [5.74, 6) is 0. The topological polar surface area (TPSA) is 70.6 Å². The Morgan fingerprint density at radius 1 is 0.429 bits per heavy atom. The smallest absolute Gasteiger partial charge is 0.137 e. The van der Waals surface area contributed by atoms with Gasteiger partial charge in [0.05, 0.1) is 50.6 Å². The van der Waals surface area contributed by atoms with Crippen LogP contribution in [0.25, 0.3) is 88.1 Å². The number of nitrogens with zero attached hydrogens (tertiary/aromatic N) is 4. The first-order valence-corrected chi connectivity index (χ1v) is 16.1. The van der Waals surface area contributed by atoms with Crippen molar-refractivity contribution < 1.29 is 4.42 Å². The third kappa shape index (κ3) is 3.79. The predicted molar refractivity (Wildman–Crippen MR) is 197 cm³/mol. The number of hydrogen-bond donors (Lipinski definition) is 0. The summed E-state index contributed by atoms with van der Waals surface area (Å²) >= 11 is 0. The van der Waals surface area contributed by atoms with Crippen molar-refractivity contribution in [3.05, 3.63) is 157 Å². The summed E-state index contributed by atoms with van der Waals surface area (Å²) in [6, 6.07) is 54.1. The van der Waals surface area contributed by atoms with Crippen LogP contribution >= 0.6 is 0 Å². The van der Waals surface area contributed by atoms with E-state index in [1.54, 1.807) is 0 Å². The molecule has 5 nitrogen and oxygen atoms in total. The molecule has 10 aromatic rings. The second kappa shape index (κ2) is 10.2. The molecule has 10 rings (SSSR count). The van der Waals surface area contributed by atoms with Crippen LogP contribution in [0, 0.1) is 22.7 Å². The SMILES string of the molecule is N#Cc1ccc(-n2c3ccccc3c3cc4c(cc32)oc2ccccc24)c(-c2cccc(C#N)c2-n2c3ccccc3c3ccccc32)c1. The Hall–Kier alpha value is -7.08. The van der Waals surface area contributed by atoms with E-state index in [2.05, 4.69) is 94.1 Å². The molecule has 0 aliphatic rings. The van der Waals surface area contributed by atoms with Crippen LogP contribution in [-0.2, 0) is 0 Å². The highest BCUT2D eigenvalue weighted by molar-refractivity contribution is 6.18. The predicted octanol–water partition coefficient (Wildman–Crippen LogP) is 11.2. The molecule has 0 saturated carbocycles. The molecule has 5 heteroatoms. The Morgan fingerprint density at radius 2 is 1.06 bits per heavy atom. The third-order valence-electron chi connectivity index (χ3n) is 9.79. The van der Waals surface area contributed by atoms with Gasteiger partial charge in [0.1, 0.15) is 17.2 Å². The fourth-order valence-electron chi connectivity index (χ4n) is 7.72. The van der Waals surface area contributed by atoms with Gasteiger partial charge in [-0.2, -0.15) is 10.5 Å². The van der Waals surface area contributed by atoms with Gasteiger partial charge in [0, 0.05) is 49.5 Å². The van der Waals surface area contributed by atoms with E-state index in [1.165, 1.54) is 0 Å². The van der Waals surface area contributed by atoms with Crippen LogP contribution in [0.3, 0.4) is 0 Å². The molecule has 49 heavy (non-hydrogen) atoms. The number of para-hydroxylation sites is 5. The lowest BCUT2D eigenvalue weighted by Crippen LogP contribution is -2.04. The van der Waals surface area contributed by atoms with E-state index in [4.69, 9.17) is 4.42 Å². The van der Waals surface area contributed by atoms with Crippen molar-refractivity contribution in [1.29, 1.82) is 10.5 Å². The first kappa shape index (κ1) is 27.1. The monoisotopic (exact) mass is 624 g/mol. The molecule has 0 bridgehead atoms. The molecule has 0 atom stereocenters. The van der Waals surface area contributed by atoms with Gasteiger partial charge in [0.2, 0.25) is 0 Å². The number of fused-ring (bicyclic) bond motifs is 9. The minimum atomic E-state index is 0.537. The second-order valence-electron chi connectivity index (χ2n) is 12.3. The lowest BCUT2D eigenvalue weighted by molar-refractivity contribution is 0.669. The van der Waals surface area contributed by atoms with Crippen molar-refractivity contribution in [3.63, 3.8) is 0 Å². The average molecular weight is 625 g/mol. The number of aromatic nitrogens is 2. The van der Waals surface area contributed by atoms with E-state index in [9.17, 15) is 10.5 Å². The third-order valence-corrected chi connectivity index (χ3v) is 9.79. The van der Waals surface area contributed by atoms with E-state index in [1.807, 2.05) is 72.8 Å². The van der Waals surface area contributed by atoms with E-state index in [-0.39, 0.29) is 0 Å². The summed E-state index contributed by atoms with van der Waals surface area (Å²) < 4.78 is 10.8. The van der Waals surface area contributed by atoms with Gasteiger partial charge in [-0.15, -0.1) is 0 Å². The van der Waals surface area contributed by atoms with Gasteiger partial charge in [-0.1, -0.05) is 84.9 Å². The highest BCUT2D eigenvalue weighted by atomic mass is 16.3. The van der Waals surface area contributed by atoms with Gasteiger partial charge < -0.3 is 13.6 Å². The van der Waals surface area contributed by atoms with Crippen LogP contribution in [-0.4, -0.2) is 9.13 Å². The van der Waals surface area contributed by atoms with Crippen molar-refractivity contribution >= 4 is 65.6 Å². The molecule has 0 spiro atoms. The maximum Gasteiger partial charge on any atom is 0.137 e. The number of rotatable bonds is 3. The number of furan rings is 1. The standard InChI is InChI=1S/C44H24N4O/c45-25-27-20-21-40(47-37-16-5-3-13-31(37)35-23-36-32-14-4-8-19-42(32)49-43(36)24-41(35)47)34(22-27)33-15-9-10-28(26-46)44(33)48-38-17-6-1-11-29(38)30-12-2-7-18-39(30)48/h1-24H. The van der Waals surface area contributed by atoms with Crippen LogP contribution in [0.1, 0.15) is 11.1 Å². The normalized spacial score (nSPS) is 11.6.